The summed E-state index contributed by atoms with van der Waals surface area (Å²) in [6.07, 6.45) is 32.6. The predicted molar refractivity (Wildman–Crippen MR) is 157 cm³/mol. The third-order valence-electron chi connectivity index (χ3n) is 6.47. The van der Waals surface area contributed by atoms with E-state index in [1.54, 1.807) is 51.4 Å². The molecule has 0 aliphatic heterocycles. The fourth-order valence-electron chi connectivity index (χ4n) is 4.10. The Hall–Kier alpha value is -1.86. The van der Waals surface area contributed by atoms with Crippen LogP contribution in [0.3, 0.4) is 0 Å². The van der Waals surface area contributed by atoms with Crippen LogP contribution in [0.1, 0.15) is 30.1 Å². The first-order valence-electron chi connectivity index (χ1n) is 13.1. The van der Waals surface area contributed by atoms with Crippen molar-refractivity contribution < 1.29 is 68.6 Å². The van der Waals surface area contributed by atoms with Crippen LogP contribution in [0.4, 0.5) is 5.69 Å². The molecule has 4 saturated carbocycles. The standard InChI is InChI=1S/C24H21NO7.2C5H5.2Fe/c1-24(21(29)14-6-2-3-7-14,22(30)15-8-4-5-9-15)13-12-18(27)25-19-17(26)11-10-16(20(19)28)23(31)32;2*1-2-4-5-3-1;;/h2-11,26,28H,12-13H2,1H3,(H,25,27)(H,31,32);2*1-5H;;/q;;;2*+2. The number of nitrogens with one attached hydrogen (secondary N) is 1. The normalized spacial score (nSPS) is 18.1. The van der Waals surface area contributed by atoms with Gasteiger partial charge in [0.25, 0.3) is 0 Å². The number of Topliss-reactive ketones (excluding diaryl/α,β-unsaturated/α-hetero) is 2. The van der Waals surface area contributed by atoms with Gasteiger partial charge in [-0.05, 0) is 141 Å². The fourth-order valence-corrected chi connectivity index (χ4v) is 4.10. The Labute approximate surface area is 283 Å². The van der Waals surface area contributed by atoms with E-state index < -0.39 is 51.6 Å². The molecule has 20 radical (unpaired) electrons. The molecular weight excluding hydrogens is 646 g/mol. The minimum atomic E-state index is -1.53. The van der Waals surface area contributed by atoms with E-state index >= 15 is 0 Å². The smallest absolute Gasteiger partial charge is 0.506 e. The largest absolute Gasteiger partial charge is 2.00 e. The summed E-state index contributed by atoms with van der Waals surface area (Å²) in [6, 6.07) is 2.03. The first-order valence-corrected chi connectivity index (χ1v) is 13.1. The number of anilines is 1. The van der Waals surface area contributed by atoms with Gasteiger partial charge in [0, 0.05) is 18.3 Å². The fraction of sp³-hybridized carbons (Fsp3) is 0.118. The van der Waals surface area contributed by atoms with Gasteiger partial charge < -0.3 is 20.6 Å². The van der Waals surface area contributed by atoms with Gasteiger partial charge in [0.1, 0.15) is 17.0 Å². The Kier molecular flexibility index (Phi) is 18.5. The van der Waals surface area contributed by atoms with Crippen LogP contribution in [-0.4, -0.2) is 38.8 Å². The maximum atomic E-state index is 13.2. The molecule has 10 heteroatoms. The van der Waals surface area contributed by atoms with E-state index in [1.807, 2.05) is 64.2 Å². The van der Waals surface area contributed by atoms with Gasteiger partial charge in [0.05, 0.1) is 5.41 Å². The zero-order valence-electron chi connectivity index (χ0n) is 23.6. The van der Waals surface area contributed by atoms with Crippen LogP contribution in [0.2, 0.25) is 0 Å². The third kappa shape index (κ3) is 11.5. The van der Waals surface area contributed by atoms with Crippen molar-refractivity contribution in [3.05, 3.63) is 145 Å². The van der Waals surface area contributed by atoms with E-state index in [9.17, 15) is 29.4 Å². The number of carbonyl (C=O) groups excluding carboxylic acids is 3. The minimum absolute atomic E-state index is 0. The number of rotatable bonds is 9. The van der Waals surface area contributed by atoms with Gasteiger partial charge in [-0.1, -0.05) is 0 Å². The molecule has 0 aromatic heterocycles. The quantitative estimate of drug-likeness (QED) is 0.171. The van der Waals surface area contributed by atoms with Crippen molar-refractivity contribution in [3.63, 3.8) is 0 Å². The number of carbonyl (C=O) groups is 4. The number of amides is 1. The molecule has 44 heavy (non-hydrogen) atoms. The average Bonchev–Trinajstić information content (AvgIpc) is 3.82. The average molecular weight is 677 g/mol. The first kappa shape index (κ1) is 40.2. The Morgan fingerprint density at radius 3 is 1.41 bits per heavy atom. The second-order valence-electron chi connectivity index (χ2n) is 9.47. The van der Waals surface area contributed by atoms with Crippen molar-refractivity contribution in [1.82, 2.24) is 0 Å². The molecule has 0 saturated heterocycles. The van der Waals surface area contributed by atoms with Crippen LogP contribution in [-0.2, 0) is 48.5 Å². The third-order valence-corrected chi connectivity index (χ3v) is 6.47. The Bertz CT molecular complexity index is 1020. The topological polar surface area (TPSA) is 141 Å². The van der Waals surface area contributed by atoms with Crippen molar-refractivity contribution >= 4 is 29.1 Å². The zero-order chi connectivity index (χ0) is 30.5. The molecule has 0 bridgehead atoms. The Morgan fingerprint density at radius 1 is 0.659 bits per heavy atom. The van der Waals surface area contributed by atoms with E-state index in [4.69, 9.17) is 5.11 Å². The number of phenols is 2. The van der Waals surface area contributed by atoms with Crippen LogP contribution in [0, 0.1) is 133 Å². The van der Waals surface area contributed by atoms with Gasteiger partial charge in [-0.25, -0.2) is 4.79 Å². The number of carboxylic acids is 1. The molecule has 0 unspecified atom stereocenters. The SMILES string of the molecule is CC(CCC(=O)Nc1c(O)ccc(C(=O)O)c1O)(C(=O)[C]1[CH][CH][CH][CH]1)C(=O)[C]1[CH][CH][CH][CH]1.[CH]1[CH][CH][CH][CH]1.[CH]1[CH][CH][CH][CH]1.[Fe+2].[Fe+2]. The number of ketones is 2. The van der Waals surface area contributed by atoms with E-state index in [0.29, 0.717) is 11.8 Å². The summed E-state index contributed by atoms with van der Waals surface area (Å²) < 4.78 is 0. The number of aromatic carboxylic acids is 1. The summed E-state index contributed by atoms with van der Waals surface area (Å²) in [6.45, 7) is 1.48. The van der Waals surface area contributed by atoms with E-state index in [0.717, 1.165) is 12.1 Å². The molecule has 4 aliphatic rings. The van der Waals surface area contributed by atoms with Crippen LogP contribution < -0.4 is 5.32 Å². The first-order chi connectivity index (χ1) is 20.1. The van der Waals surface area contributed by atoms with Crippen LogP contribution >= 0.6 is 0 Å². The second-order valence-corrected chi connectivity index (χ2v) is 9.47. The van der Waals surface area contributed by atoms with Crippen LogP contribution in [0.5, 0.6) is 11.5 Å². The number of carboxylic acid groups (broad SMARTS) is 1. The van der Waals surface area contributed by atoms with Crippen molar-refractivity contribution in [1.29, 1.82) is 0 Å². The second kappa shape index (κ2) is 20.3. The molecule has 8 nitrogen and oxygen atoms in total. The number of aromatic hydroxyl groups is 2. The van der Waals surface area contributed by atoms with Gasteiger partial charge in [0.15, 0.2) is 17.3 Å². The summed E-state index contributed by atoms with van der Waals surface area (Å²) in [4.78, 5) is 50.1. The van der Waals surface area contributed by atoms with E-state index in [-0.39, 0.29) is 47.0 Å². The number of phenolic OH excluding ortho intramolecular Hbond substituents is 1. The monoisotopic (exact) mass is 677 g/mol. The summed E-state index contributed by atoms with van der Waals surface area (Å²) >= 11 is 0. The Balaban J connectivity index is 0.000000680. The maximum Gasteiger partial charge on any atom is 2.00 e. The van der Waals surface area contributed by atoms with Crippen molar-refractivity contribution in [2.75, 3.05) is 5.32 Å². The molecule has 4 fully saturated rings. The number of benzene rings is 1. The zero-order valence-corrected chi connectivity index (χ0v) is 25.9. The van der Waals surface area contributed by atoms with Crippen LogP contribution in [0.25, 0.3) is 0 Å². The maximum absolute atomic E-state index is 13.2. The van der Waals surface area contributed by atoms with Gasteiger partial charge in [-0.3, -0.25) is 14.4 Å². The summed E-state index contributed by atoms with van der Waals surface area (Å²) in [7, 11) is 0. The van der Waals surface area contributed by atoms with Gasteiger partial charge >= 0.3 is 40.1 Å². The molecule has 4 N–H and O–H groups in total. The molecule has 0 spiro atoms. The van der Waals surface area contributed by atoms with Crippen molar-refractivity contribution in [3.8, 4) is 11.5 Å². The summed E-state index contributed by atoms with van der Waals surface area (Å²) in [5.74, 6) is -3.64. The van der Waals surface area contributed by atoms with Gasteiger partial charge in [-0.2, -0.15) is 0 Å². The molecule has 5 rings (SSSR count). The van der Waals surface area contributed by atoms with Gasteiger partial charge in [-0.15, -0.1) is 0 Å². The predicted octanol–water partition coefficient (Wildman–Crippen LogP) is 4.51. The molecule has 1 amide bonds. The molecule has 0 heterocycles. The molecule has 1 aromatic carbocycles. The van der Waals surface area contributed by atoms with Crippen LogP contribution in [0.15, 0.2) is 12.1 Å². The Morgan fingerprint density at radius 2 is 1.05 bits per heavy atom. The molecule has 226 valence electrons. The molecule has 0 atom stereocenters. The summed E-state index contributed by atoms with van der Waals surface area (Å²) in [5.41, 5.74) is -2.49. The van der Waals surface area contributed by atoms with E-state index in [2.05, 4.69) is 5.32 Å². The van der Waals surface area contributed by atoms with Crippen molar-refractivity contribution in [2.45, 2.75) is 19.8 Å². The minimum Gasteiger partial charge on any atom is -0.506 e. The number of hydrogen-bond donors (Lipinski definition) is 4. The molecular formula is C34H31Fe2NO7+4. The van der Waals surface area contributed by atoms with E-state index in [1.165, 1.54) is 6.92 Å². The summed E-state index contributed by atoms with van der Waals surface area (Å²) in [5, 5.41) is 31.4. The molecule has 1 aromatic rings. The molecule has 4 aliphatic carbocycles. The van der Waals surface area contributed by atoms with Crippen molar-refractivity contribution in [2.24, 2.45) is 5.41 Å². The number of hydrogen-bond acceptors (Lipinski definition) is 6. The van der Waals surface area contributed by atoms with Gasteiger partial charge in [0.2, 0.25) is 5.91 Å².